The summed E-state index contributed by atoms with van der Waals surface area (Å²) in [5.41, 5.74) is 1.28. The monoisotopic (exact) mass is 454 g/mol. The molecular formula is C28H38O5. The number of rotatable bonds is 4. The van der Waals surface area contributed by atoms with E-state index in [9.17, 15) is 19.8 Å². The molecule has 1 fully saturated rings. The van der Waals surface area contributed by atoms with Gasteiger partial charge < -0.3 is 14.9 Å². The van der Waals surface area contributed by atoms with Crippen LogP contribution in [-0.2, 0) is 0 Å². The van der Waals surface area contributed by atoms with Crippen LogP contribution in [0.3, 0.4) is 0 Å². The minimum Gasteiger partial charge on any atom is -0.507 e. The molecule has 5 heteroatoms. The van der Waals surface area contributed by atoms with Gasteiger partial charge in [-0.05, 0) is 75.0 Å². The van der Waals surface area contributed by atoms with Crippen LogP contribution in [0.2, 0.25) is 0 Å². The highest BCUT2D eigenvalue weighted by molar-refractivity contribution is 5.95. The second-order valence-corrected chi connectivity index (χ2v) is 11.8. The van der Waals surface area contributed by atoms with Crippen molar-refractivity contribution in [2.24, 2.45) is 29.1 Å². The number of allylic oxidation sites excluding steroid dienone is 2. The van der Waals surface area contributed by atoms with E-state index in [4.69, 9.17) is 4.74 Å². The van der Waals surface area contributed by atoms with Gasteiger partial charge in [-0.2, -0.15) is 0 Å². The van der Waals surface area contributed by atoms with Crippen LogP contribution in [0.25, 0.3) is 0 Å². The molecule has 5 atom stereocenters. The Morgan fingerprint density at radius 1 is 1.09 bits per heavy atom. The molecular weight excluding hydrogens is 416 g/mol. The summed E-state index contributed by atoms with van der Waals surface area (Å²) in [5, 5.41) is 21.8. The lowest BCUT2D eigenvalue weighted by Gasteiger charge is -2.49. The number of benzene rings is 1. The molecule has 33 heavy (non-hydrogen) atoms. The summed E-state index contributed by atoms with van der Waals surface area (Å²) in [6.45, 7) is 13.3. The van der Waals surface area contributed by atoms with E-state index in [0.29, 0.717) is 35.9 Å². The Morgan fingerprint density at radius 3 is 2.36 bits per heavy atom. The summed E-state index contributed by atoms with van der Waals surface area (Å²) in [5.74, 6) is 0.888. The van der Waals surface area contributed by atoms with Gasteiger partial charge in [-0.25, -0.2) is 0 Å². The van der Waals surface area contributed by atoms with Gasteiger partial charge in [-0.15, -0.1) is 0 Å². The molecule has 0 saturated heterocycles. The summed E-state index contributed by atoms with van der Waals surface area (Å²) in [6, 6.07) is 0. The van der Waals surface area contributed by atoms with Crippen molar-refractivity contribution in [2.45, 2.75) is 85.2 Å². The maximum Gasteiger partial charge on any atom is 0.157 e. The van der Waals surface area contributed by atoms with Crippen molar-refractivity contribution in [1.82, 2.24) is 0 Å². The third-order valence-corrected chi connectivity index (χ3v) is 8.82. The van der Waals surface area contributed by atoms with Crippen molar-refractivity contribution >= 4 is 12.6 Å². The van der Waals surface area contributed by atoms with Gasteiger partial charge in [-0.1, -0.05) is 39.3 Å². The predicted molar refractivity (Wildman–Crippen MR) is 128 cm³/mol. The number of carbonyl (C=O) groups excluding carboxylic acids is 2. The standard InChI is InChI=1S/C28H38O5/c1-15(2)12-17-21-25(32)18(13-29)24(31)19(14-30)26(21)33-28(6)11-7-8-16(3)9-10-20-23(22(17)28)27(20,4)5/h8,13-15,17,20,22-23,31-32H,7,9-12H2,1-6H3/b16-8-. The summed E-state index contributed by atoms with van der Waals surface area (Å²) in [6.07, 6.45) is 7.99. The van der Waals surface area contributed by atoms with Crippen LogP contribution in [0.5, 0.6) is 17.2 Å². The van der Waals surface area contributed by atoms with Crippen molar-refractivity contribution in [2.75, 3.05) is 0 Å². The summed E-state index contributed by atoms with van der Waals surface area (Å²) in [7, 11) is 0. The number of aromatic hydroxyl groups is 2. The molecule has 4 rings (SSSR count). The molecule has 1 heterocycles. The fourth-order valence-electron chi connectivity index (χ4n) is 7.11. The van der Waals surface area contributed by atoms with E-state index in [-0.39, 0.29) is 39.9 Å². The second-order valence-electron chi connectivity index (χ2n) is 11.8. The number of phenols is 2. The Labute approximate surface area is 197 Å². The minimum atomic E-state index is -0.559. The highest BCUT2D eigenvalue weighted by Crippen LogP contribution is 2.71. The van der Waals surface area contributed by atoms with Gasteiger partial charge in [0.15, 0.2) is 12.6 Å². The van der Waals surface area contributed by atoms with Crippen LogP contribution in [0.4, 0.5) is 0 Å². The minimum absolute atomic E-state index is 0.0336. The van der Waals surface area contributed by atoms with Crippen LogP contribution >= 0.6 is 0 Å². The average Bonchev–Trinajstić information content (AvgIpc) is 3.25. The first-order valence-electron chi connectivity index (χ1n) is 12.3. The van der Waals surface area contributed by atoms with E-state index in [0.717, 1.165) is 32.1 Å². The Kier molecular flexibility index (Phi) is 5.91. The normalized spacial score (nSPS) is 34.1. The largest absolute Gasteiger partial charge is 0.507 e. The summed E-state index contributed by atoms with van der Waals surface area (Å²) < 4.78 is 6.68. The molecule has 0 aromatic heterocycles. The Bertz CT molecular complexity index is 1000. The fourth-order valence-corrected chi connectivity index (χ4v) is 7.11. The van der Waals surface area contributed by atoms with Crippen LogP contribution in [-0.4, -0.2) is 28.4 Å². The maximum atomic E-state index is 12.1. The average molecular weight is 455 g/mol. The molecule has 0 amide bonds. The number of carbonyl (C=O) groups is 2. The zero-order chi connectivity index (χ0) is 24.3. The van der Waals surface area contributed by atoms with Crippen molar-refractivity contribution in [1.29, 1.82) is 0 Å². The highest BCUT2D eigenvalue weighted by Gasteiger charge is 2.66. The van der Waals surface area contributed by atoms with E-state index >= 15 is 0 Å². The maximum absolute atomic E-state index is 12.1. The Balaban J connectivity index is 1.98. The van der Waals surface area contributed by atoms with Gasteiger partial charge in [0.25, 0.3) is 0 Å². The highest BCUT2D eigenvalue weighted by atomic mass is 16.5. The summed E-state index contributed by atoms with van der Waals surface area (Å²) >= 11 is 0. The lowest BCUT2D eigenvalue weighted by atomic mass is 9.64. The molecule has 0 bridgehead atoms. The third kappa shape index (κ3) is 3.68. The van der Waals surface area contributed by atoms with Crippen molar-refractivity contribution in [3.63, 3.8) is 0 Å². The Morgan fingerprint density at radius 2 is 1.76 bits per heavy atom. The first kappa shape index (κ1) is 23.8. The van der Waals surface area contributed by atoms with Gasteiger partial charge in [0.05, 0.1) is 11.1 Å². The molecule has 0 spiro atoms. The van der Waals surface area contributed by atoms with E-state index in [1.54, 1.807) is 0 Å². The van der Waals surface area contributed by atoms with Crippen molar-refractivity contribution in [3.8, 4) is 17.2 Å². The summed E-state index contributed by atoms with van der Waals surface area (Å²) in [4.78, 5) is 23.9. The van der Waals surface area contributed by atoms with Gasteiger partial charge in [-0.3, -0.25) is 9.59 Å². The number of phenolic OH excluding ortho intramolecular Hbond substituents is 2. The molecule has 180 valence electrons. The Hall–Kier alpha value is -2.30. The van der Waals surface area contributed by atoms with Crippen molar-refractivity contribution in [3.05, 3.63) is 28.3 Å². The first-order valence-corrected chi connectivity index (χ1v) is 12.3. The lowest BCUT2D eigenvalue weighted by Crippen LogP contribution is -2.49. The van der Waals surface area contributed by atoms with Crippen molar-refractivity contribution < 1.29 is 24.5 Å². The van der Waals surface area contributed by atoms with E-state index in [2.05, 4.69) is 47.6 Å². The van der Waals surface area contributed by atoms with Crippen LogP contribution in [0, 0.1) is 29.1 Å². The second kappa shape index (κ2) is 8.18. The van der Waals surface area contributed by atoms with Gasteiger partial charge in [0, 0.05) is 11.5 Å². The molecule has 1 saturated carbocycles. The van der Waals surface area contributed by atoms with Crippen LogP contribution in [0.15, 0.2) is 11.6 Å². The molecule has 5 nitrogen and oxygen atoms in total. The SMILES string of the molecule is C/C1=C/CCC2(C)Oc3c(C=O)c(O)c(C=O)c(O)c3C(CC(C)C)C2C2C(CC1)C2(C)C. The molecule has 1 aromatic carbocycles. The van der Waals surface area contributed by atoms with E-state index in [1.807, 2.05) is 0 Å². The molecule has 1 aromatic rings. The third-order valence-electron chi connectivity index (χ3n) is 8.82. The topological polar surface area (TPSA) is 83.8 Å². The number of hydrogen-bond acceptors (Lipinski definition) is 5. The molecule has 0 radical (unpaired) electrons. The van der Waals surface area contributed by atoms with Gasteiger partial charge in [0.2, 0.25) is 0 Å². The lowest BCUT2D eigenvalue weighted by molar-refractivity contribution is -0.0348. The zero-order valence-corrected chi connectivity index (χ0v) is 20.8. The molecule has 3 aliphatic rings. The molecule has 5 unspecified atom stereocenters. The molecule has 1 aliphatic heterocycles. The van der Waals surface area contributed by atoms with E-state index < -0.39 is 11.4 Å². The van der Waals surface area contributed by atoms with Gasteiger partial charge in [0.1, 0.15) is 22.8 Å². The number of fused-ring (bicyclic) bond motifs is 4. The number of ether oxygens (including phenoxy) is 1. The van der Waals surface area contributed by atoms with E-state index in [1.165, 1.54) is 5.57 Å². The quantitative estimate of drug-likeness (QED) is 0.405. The fraction of sp³-hybridized carbons (Fsp3) is 0.643. The first-order chi connectivity index (χ1) is 15.5. The number of aldehydes is 2. The van der Waals surface area contributed by atoms with Crippen LogP contribution < -0.4 is 4.74 Å². The van der Waals surface area contributed by atoms with Gasteiger partial charge >= 0.3 is 0 Å². The zero-order valence-electron chi connectivity index (χ0n) is 20.8. The predicted octanol–water partition coefficient (Wildman–Crippen LogP) is 6.41. The molecule has 2 N–H and O–H groups in total. The molecule has 2 aliphatic carbocycles. The van der Waals surface area contributed by atoms with Crippen LogP contribution in [0.1, 0.15) is 106 Å². The number of hydrogen-bond donors (Lipinski definition) is 2. The smallest absolute Gasteiger partial charge is 0.157 e.